The molecule has 0 aliphatic carbocycles. The molecular weight excluding hydrogens is 572 g/mol. The zero-order valence-corrected chi connectivity index (χ0v) is 25.1. The normalized spacial score (nSPS) is 18.4. The van der Waals surface area contributed by atoms with Gasteiger partial charge in [-0.15, -0.1) is 0 Å². The van der Waals surface area contributed by atoms with Crippen molar-refractivity contribution in [2.24, 2.45) is 5.73 Å². The molecule has 2 atom stereocenters. The van der Waals surface area contributed by atoms with Gasteiger partial charge in [0, 0.05) is 37.2 Å². The van der Waals surface area contributed by atoms with Crippen LogP contribution in [-0.4, -0.2) is 83.2 Å². The number of amides is 3. The minimum absolute atomic E-state index is 0.0494. The van der Waals surface area contributed by atoms with E-state index in [-0.39, 0.29) is 44.0 Å². The van der Waals surface area contributed by atoms with Crippen LogP contribution >= 0.6 is 15.9 Å². The molecule has 2 heterocycles. The van der Waals surface area contributed by atoms with Gasteiger partial charge in [-0.1, -0.05) is 0 Å². The molecule has 1 aromatic carbocycles. The number of piperazine rings is 1. The van der Waals surface area contributed by atoms with Crippen molar-refractivity contribution in [1.82, 2.24) is 15.1 Å². The quantitative estimate of drug-likeness (QED) is 0.428. The molecule has 2 aliphatic heterocycles. The summed E-state index contributed by atoms with van der Waals surface area (Å²) >= 11 is 3.51. The van der Waals surface area contributed by atoms with Gasteiger partial charge in [-0.25, -0.2) is 4.79 Å². The Labute approximate surface area is 237 Å². The number of halogens is 1. The summed E-state index contributed by atoms with van der Waals surface area (Å²) < 4.78 is 17.7. The molecule has 0 bridgehead atoms. The number of nitrogens with zero attached hydrogens (tertiary/aromatic N) is 2. The van der Waals surface area contributed by atoms with E-state index < -0.39 is 29.1 Å². The van der Waals surface area contributed by atoms with E-state index in [4.69, 9.17) is 19.9 Å². The van der Waals surface area contributed by atoms with Crippen LogP contribution in [0.2, 0.25) is 0 Å². The number of esters is 1. The lowest BCUT2D eigenvalue weighted by Gasteiger charge is -2.34. The van der Waals surface area contributed by atoms with Crippen LogP contribution in [0.5, 0.6) is 5.75 Å². The number of hydrogen-bond acceptors (Lipinski definition) is 8. The predicted octanol–water partition coefficient (Wildman–Crippen LogP) is 2.97. The summed E-state index contributed by atoms with van der Waals surface area (Å²) in [6.45, 7) is 12.6. The molecule has 1 saturated heterocycles. The number of benzene rings is 1. The second-order valence-electron chi connectivity index (χ2n) is 11.8. The van der Waals surface area contributed by atoms with Crippen LogP contribution in [0.1, 0.15) is 70.3 Å². The molecule has 1 fully saturated rings. The van der Waals surface area contributed by atoms with E-state index in [0.29, 0.717) is 41.0 Å². The Balaban J connectivity index is 1.69. The molecule has 3 rings (SSSR count). The second-order valence-corrected chi connectivity index (χ2v) is 12.6. The number of fused-ring (bicyclic) bond motifs is 1. The van der Waals surface area contributed by atoms with Crippen molar-refractivity contribution >= 4 is 39.8 Å². The first-order valence-corrected chi connectivity index (χ1v) is 13.8. The summed E-state index contributed by atoms with van der Waals surface area (Å²) in [5, 5.41) is 3.35. The Morgan fingerprint density at radius 1 is 1.13 bits per heavy atom. The van der Waals surface area contributed by atoms with E-state index in [1.54, 1.807) is 37.8 Å². The summed E-state index contributed by atoms with van der Waals surface area (Å²) in [7, 11) is 0. The molecule has 3 N–H and O–H groups in total. The molecule has 3 amide bonds. The third-order valence-electron chi connectivity index (χ3n) is 6.11. The minimum atomic E-state index is -0.980. The Kier molecular flexibility index (Phi) is 9.53. The maximum absolute atomic E-state index is 13.3. The third kappa shape index (κ3) is 8.31. The van der Waals surface area contributed by atoms with E-state index in [0.717, 1.165) is 0 Å². The van der Waals surface area contributed by atoms with Crippen LogP contribution in [-0.2, 0) is 25.6 Å². The fraction of sp³-hybridized carbons (Fsp3) is 0.630. The lowest BCUT2D eigenvalue weighted by molar-refractivity contribution is -0.155. The topological polar surface area (TPSA) is 140 Å². The number of hydrogen-bond donors (Lipinski definition) is 2. The average Bonchev–Trinajstić information content (AvgIpc) is 3.12. The van der Waals surface area contributed by atoms with E-state index in [2.05, 4.69) is 21.2 Å². The van der Waals surface area contributed by atoms with Crippen LogP contribution in [0.15, 0.2) is 16.6 Å². The molecule has 216 valence electrons. The van der Waals surface area contributed by atoms with Crippen LogP contribution < -0.4 is 15.8 Å². The molecule has 11 nitrogen and oxygen atoms in total. The lowest BCUT2D eigenvalue weighted by Crippen LogP contribution is -2.55. The van der Waals surface area contributed by atoms with Gasteiger partial charge in [0.2, 0.25) is 5.91 Å². The Bertz CT molecular complexity index is 1110. The molecular formula is C27H39BrN4O7. The molecule has 0 spiro atoms. The molecule has 0 unspecified atom stereocenters. The third-order valence-corrected chi connectivity index (χ3v) is 6.74. The predicted molar refractivity (Wildman–Crippen MR) is 147 cm³/mol. The van der Waals surface area contributed by atoms with Gasteiger partial charge >= 0.3 is 12.1 Å². The van der Waals surface area contributed by atoms with E-state index in [1.165, 1.54) is 4.90 Å². The lowest BCUT2D eigenvalue weighted by atomic mass is 10.1. The fourth-order valence-corrected chi connectivity index (χ4v) is 4.96. The maximum Gasteiger partial charge on any atom is 0.410 e. The summed E-state index contributed by atoms with van der Waals surface area (Å²) in [6, 6.07) is 2.25. The van der Waals surface area contributed by atoms with Gasteiger partial charge < -0.3 is 35.1 Å². The van der Waals surface area contributed by atoms with Gasteiger partial charge in [0.1, 0.15) is 29.6 Å². The summed E-state index contributed by atoms with van der Waals surface area (Å²) in [5.74, 6) is -1.04. The zero-order valence-electron chi connectivity index (χ0n) is 23.5. The highest BCUT2D eigenvalue weighted by Crippen LogP contribution is 2.38. The molecule has 0 aromatic heterocycles. The highest BCUT2D eigenvalue weighted by Gasteiger charge is 2.38. The van der Waals surface area contributed by atoms with Crippen LogP contribution in [0.25, 0.3) is 0 Å². The van der Waals surface area contributed by atoms with E-state index in [9.17, 15) is 19.2 Å². The number of ether oxygens (including phenoxy) is 3. The summed E-state index contributed by atoms with van der Waals surface area (Å²) in [5.41, 5.74) is 5.44. The first-order valence-electron chi connectivity index (χ1n) is 13.0. The van der Waals surface area contributed by atoms with E-state index >= 15 is 0 Å². The fourth-order valence-electron chi connectivity index (χ4n) is 4.47. The molecule has 12 heteroatoms. The highest BCUT2D eigenvalue weighted by atomic mass is 79.9. The number of rotatable bonds is 8. The van der Waals surface area contributed by atoms with Gasteiger partial charge in [0.15, 0.2) is 0 Å². The van der Waals surface area contributed by atoms with Gasteiger partial charge in [0.05, 0.1) is 17.1 Å². The number of primary amides is 1. The smallest absolute Gasteiger partial charge is 0.410 e. The molecule has 1 aromatic rings. The largest absolute Gasteiger partial charge is 0.490 e. The highest BCUT2D eigenvalue weighted by molar-refractivity contribution is 9.10. The standard InChI is InChI=1S/C27H39BrN4O7/c1-26(2,3)38-21(33)10-9-20(23(29)34)32-14-18-17(24(32)35)7-8-19(28)22(18)37-15-16-13-31(12-11-30-16)25(36)39-27(4,5)6/h7-8,16,20,30H,9-15H2,1-6H3,(H2,29,34)/t16-,20+/m1/s1. The number of carbonyl (C=O) groups is 4. The van der Waals surface area contributed by atoms with Crippen molar-refractivity contribution in [1.29, 1.82) is 0 Å². The van der Waals surface area contributed by atoms with Gasteiger partial charge in [0.25, 0.3) is 5.91 Å². The number of carbonyl (C=O) groups excluding carboxylic acids is 4. The van der Waals surface area contributed by atoms with Crippen LogP contribution in [0.3, 0.4) is 0 Å². The summed E-state index contributed by atoms with van der Waals surface area (Å²) in [6.07, 6.45) is -0.381. The maximum atomic E-state index is 13.3. The van der Waals surface area contributed by atoms with Crippen molar-refractivity contribution in [3.63, 3.8) is 0 Å². The van der Waals surface area contributed by atoms with Gasteiger partial charge in [-0.05, 0) is 76.0 Å². The molecule has 0 radical (unpaired) electrons. The van der Waals surface area contributed by atoms with Crippen molar-refractivity contribution in [2.75, 3.05) is 26.2 Å². The Morgan fingerprint density at radius 3 is 2.41 bits per heavy atom. The molecule has 2 aliphatic rings. The number of nitrogens with one attached hydrogen (secondary N) is 1. The zero-order chi connectivity index (χ0) is 29.1. The van der Waals surface area contributed by atoms with Gasteiger partial charge in [-0.3, -0.25) is 14.4 Å². The second kappa shape index (κ2) is 12.1. The van der Waals surface area contributed by atoms with Crippen molar-refractivity contribution in [3.8, 4) is 5.75 Å². The molecule has 0 saturated carbocycles. The Morgan fingerprint density at radius 2 is 1.79 bits per heavy atom. The minimum Gasteiger partial charge on any atom is -0.490 e. The van der Waals surface area contributed by atoms with Crippen molar-refractivity contribution in [3.05, 3.63) is 27.7 Å². The number of nitrogens with two attached hydrogens (primary N) is 1. The van der Waals surface area contributed by atoms with Crippen molar-refractivity contribution < 1.29 is 33.4 Å². The van der Waals surface area contributed by atoms with Gasteiger partial charge in [-0.2, -0.15) is 0 Å². The van der Waals surface area contributed by atoms with Crippen LogP contribution in [0.4, 0.5) is 4.79 Å². The van der Waals surface area contributed by atoms with E-state index in [1.807, 2.05) is 20.8 Å². The van der Waals surface area contributed by atoms with Crippen LogP contribution in [0, 0.1) is 0 Å². The summed E-state index contributed by atoms with van der Waals surface area (Å²) in [4.78, 5) is 53.4. The first kappa shape index (κ1) is 30.7. The SMILES string of the molecule is CC(C)(C)OC(=O)CC[C@@H](C(N)=O)N1Cc2c(ccc(Br)c2OC[C@H]2CN(C(=O)OC(C)(C)C)CCN2)C1=O. The Hall–Kier alpha value is -2.86. The monoisotopic (exact) mass is 610 g/mol. The average molecular weight is 612 g/mol. The first-order chi connectivity index (χ1) is 18.1. The molecule has 39 heavy (non-hydrogen) atoms. The van der Waals surface area contributed by atoms with Crippen molar-refractivity contribution in [2.45, 2.75) is 84.2 Å².